The Bertz CT molecular complexity index is 399. The molecule has 20 heavy (non-hydrogen) atoms. The van der Waals surface area contributed by atoms with Gasteiger partial charge in [0.15, 0.2) is 6.73 Å². The van der Waals surface area contributed by atoms with Crippen LogP contribution in [0, 0.1) is 0 Å². The van der Waals surface area contributed by atoms with Crippen LogP contribution in [0.15, 0.2) is 24.3 Å². The minimum atomic E-state index is -0.313. The Balaban J connectivity index is 2.15. The second-order valence-corrected chi connectivity index (χ2v) is 4.02. The molecule has 2 amide bonds. The highest BCUT2D eigenvalue weighted by Gasteiger charge is 2.02. The minimum absolute atomic E-state index is 0.0170. The summed E-state index contributed by atoms with van der Waals surface area (Å²) in [4.78, 5) is 11.4. The van der Waals surface area contributed by atoms with Crippen LogP contribution >= 0.6 is 0 Å². The summed E-state index contributed by atoms with van der Waals surface area (Å²) in [6.45, 7) is 3.18. The van der Waals surface area contributed by atoms with Crippen LogP contribution in [-0.4, -0.2) is 44.2 Å². The van der Waals surface area contributed by atoms with Gasteiger partial charge >= 0.3 is 6.03 Å². The van der Waals surface area contributed by atoms with Crippen LogP contribution in [0.5, 0.6) is 5.75 Å². The Morgan fingerprint density at radius 3 is 2.80 bits per heavy atom. The lowest BCUT2D eigenvalue weighted by Crippen LogP contribution is -2.39. The van der Waals surface area contributed by atoms with E-state index in [9.17, 15) is 4.79 Å². The lowest BCUT2D eigenvalue weighted by molar-refractivity contribution is 0.0945. The molecule has 1 aromatic carbocycles. The van der Waals surface area contributed by atoms with E-state index in [1.54, 1.807) is 0 Å². The second kappa shape index (κ2) is 10.1. The number of carbonyl (C=O) groups excluding carboxylic acids is 1. The fourth-order valence-corrected chi connectivity index (χ4v) is 1.58. The second-order valence-electron chi connectivity index (χ2n) is 4.02. The molecule has 0 saturated heterocycles. The number of urea groups is 1. The van der Waals surface area contributed by atoms with Gasteiger partial charge in [0.2, 0.25) is 0 Å². The van der Waals surface area contributed by atoms with E-state index in [2.05, 4.69) is 17.6 Å². The highest BCUT2D eigenvalue weighted by Crippen LogP contribution is 2.17. The van der Waals surface area contributed by atoms with Crippen LogP contribution < -0.4 is 15.4 Å². The van der Waals surface area contributed by atoms with E-state index in [1.165, 1.54) is 0 Å². The van der Waals surface area contributed by atoms with Crippen LogP contribution in [0.4, 0.5) is 4.79 Å². The first-order valence-corrected chi connectivity index (χ1v) is 6.69. The van der Waals surface area contributed by atoms with E-state index in [0.717, 1.165) is 17.7 Å². The maximum atomic E-state index is 11.4. The Kier molecular flexibility index (Phi) is 8.17. The molecule has 1 aromatic rings. The molecule has 1 rings (SSSR count). The average molecular weight is 282 g/mol. The monoisotopic (exact) mass is 282 g/mol. The van der Waals surface area contributed by atoms with Crippen molar-refractivity contribution < 1.29 is 19.4 Å². The summed E-state index contributed by atoms with van der Waals surface area (Å²) in [6.07, 6.45) is 0.880. The molecule has 0 atom stereocenters. The first-order valence-electron chi connectivity index (χ1n) is 6.69. The van der Waals surface area contributed by atoms with Gasteiger partial charge in [0.1, 0.15) is 5.75 Å². The zero-order chi connectivity index (χ0) is 14.6. The molecular weight excluding hydrogens is 260 g/mol. The number of amides is 2. The number of rotatable bonds is 9. The van der Waals surface area contributed by atoms with Crippen molar-refractivity contribution in [1.29, 1.82) is 0 Å². The van der Waals surface area contributed by atoms with Gasteiger partial charge in [0.25, 0.3) is 0 Å². The van der Waals surface area contributed by atoms with Crippen molar-refractivity contribution in [2.75, 3.05) is 33.1 Å². The van der Waals surface area contributed by atoms with Crippen molar-refractivity contribution >= 4 is 6.03 Å². The molecule has 0 spiro atoms. The number of benzene rings is 1. The van der Waals surface area contributed by atoms with Gasteiger partial charge in [-0.05, 0) is 18.1 Å². The first kappa shape index (κ1) is 16.3. The summed E-state index contributed by atoms with van der Waals surface area (Å²) in [5.41, 5.74) is 1.10. The lowest BCUT2D eigenvalue weighted by atomic mass is 10.1. The molecule has 6 heteroatoms. The van der Waals surface area contributed by atoms with E-state index in [4.69, 9.17) is 14.6 Å². The van der Waals surface area contributed by atoms with Crippen molar-refractivity contribution in [2.45, 2.75) is 13.3 Å². The molecule has 0 saturated carbocycles. The molecule has 0 heterocycles. The number of carbonyl (C=O) groups is 1. The van der Waals surface area contributed by atoms with Gasteiger partial charge in [-0.1, -0.05) is 25.1 Å². The number of aliphatic hydroxyl groups excluding tert-OH is 1. The molecule has 0 radical (unpaired) electrons. The van der Waals surface area contributed by atoms with Crippen LogP contribution in [0.25, 0.3) is 0 Å². The number of para-hydroxylation sites is 1. The largest absolute Gasteiger partial charge is 0.473 e. The molecule has 0 aromatic heterocycles. The molecule has 0 unspecified atom stereocenters. The molecule has 3 N–H and O–H groups in total. The lowest BCUT2D eigenvalue weighted by Gasteiger charge is -2.11. The molecule has 0 bridgehead atoms. The average Bonchev–Trinajstić information content (AvgIpc) is 2.47. The normalized spacial score (nSPS) is 10.1. The maximum Gasteiger partial charge on any atom is 0.317 e. The summed E-state index contributed by atoms with van der Waals surface area (Å²) in [6, 6.07) is 7.41. The number of nitrogens with one attached hydrogen (secondary N) is 2. The molecule has 112 valence electrons. The summed E-state index contributed by atoms with van der Waals surface area (Å²) in [7, 11) is 0. The van der Waals surface area contributed by atoms with Gasteiger partial charge in [-0.25, -0.2) is 4.79 Å². The van der Waals surface area contributed by atoms with Gasteiger partial charge < -0.3 is 25.2 Å². The van der Waals surface area contributed by atoms with Crippen molar-refractivity contribution in [1.82, 2.24) is 10.6 Å². The topological polar surface area (TPSA) is 79.8 Å². The summed E-state index contributed by atoms with van der Waals surface area (Å²) in [5.74, 6) is 0.779. The Hall–Kier alpha value is -1.79. The summed E-state index contributed by atoms with van der Waals surface area (Å²) < 4.78 is 10.5. The zero-order valence-corrected chi connectivity index (χ0v) is 11.7. The van der Waals surface area contributed by atoms with E-state index < -0.39 is 0 Å². The maximum absolute atomic E-state index is 11.4. The number of hydrogen-bond donors (Lipinski definition) is 3. The van der Waals surface area contributed by atoms with Crippen LogP contribution in [-0.2, 0) is 11.2 Å². The molecule has 0 fully saturated rings. The van der Waals surface area contributed by atoms with Gasteiger partial charge in [0, 0.05) is 6.54 Å². The molecule has 0 aliphatic rings. The third kappa shape index (κ3) is 6.40. The first-order chi connectivity index (χ1) is 9.77. The highest BCUT2D eigenvalue weighted by molar-refractivity contribution is 5.73. The summed E-state index contributed by atoms with van der Waals surface area (Å²) >= 11 is 0. The van der Waals surface area contributed by atoms with E-state index in [-0.39, 0.29) is 26.0 Å². The Labute approximate surface area is 119 Å². The minimum Gasteiger partial charge on any atom is -0.473 e. The van der Waals surface area contributed by atoms with Gasteiger partial charge in [0.05, 0.1) is 19.8 Å². The van der Waals surface area contributed by atoms with Crippen molar-refractivity contribution in [3.05, 3.63) is 29.8 Å². The van der Waals surface area contributed by atoms with Crippen LogP contribution in [0.3, 0.4) is 0 Å². The molecular formula is C14H22N2O4. The number of aryl methyl sites for hydroxylation is 1. The van der Waals surface area contributed by atoms with Crippen molar-refractivity contribution in [2.24, 2.45) is 0 Å². The van der Waals surface area contributed by atoms with Crippen LogP contribution in [0.1, 0.15) is 12.5 Å². The third-order valence-electron chi connectivity index (χ3n) is 2.58. The quantitative estimate of drug-likeness (QED) is 0.464. The fraction of sp³-hybridized carbons (Fsp3) is 0.500. The third-order valence-corrected chi connectivity index (χ3v) is 2.58. The highest BCUT2D eigenvalue weighted by atomic mass is 16.5. The van der Waals surface area contributed by atoms with Crippen molar-refractivity contribution in [3.63, 3.8) is 0 Å². The number of ether oxygens (including phenoxy) is 2. The predicted octanol–water partition coefficient (Wildman–Crippen LogP) is 0.893. The Morgan fingerprint density at radius 1 is 1.25 bits per heavy atom. The van der Waals surface area contributed by atoms with Gasteiger partial charge in [-0.2, -0.15) is 0 Å². The SMILES string of the molecule is CCc1ccccc1OCNC(=O)NCCOCCO. The van der Waals surface area contributed by atoms with Gasteiger partial charge in [-0.3, -0.25) is 0 Å². The van der Waals surface area contributed by atoms with Crippen molar-refractivity contribution in [3.8, 4) is 5.75 Å². The standard InChI is InChI=1S/C14H22N2O4/c1-2-12-5-3-4-6-13(12)20-11-16-14(18)15-7-9-19-10-8-17/h3-6,17H,2,7-11H2,1H3,(H2,15,16,18). The van der Waals surface area contributed by atoms with E-state index in [0.29, 0.717) is 13.2 Å². The smallest absolute Gasteiger partial charge is 0.317 e. The zero-order valence-electron chi connectivity index (χ0n) is 11.7. The van der Waals surface area contributed by atoms with Crippen LogP contribution in [0.2, 0.25) is 0 Å². The molecule has 0 aliphatic heterocycles. The van der Waals surface area contributed by atoms with E-state index in [1.807, 2.05) is 24.3 Å². The fourth-order valence-electron chi connectivity index (χ4n) is 1.58. The Morgan fingerprint density at radius 2 is 2.05 bits per heavy atom. The molecule has 0 aliphatic carbocycles. The number of aliphatic hydroxyl groups is 1. The molecule has 6 nitrogen and oxygen atoms in total. The van der Waals surface area contributed by atoms with Gasteiger partial charge in [-0.15, -0.1) is 0 Å². The van der Waals surface area contributed by atoms with E-state index >= 15 is 0 Å². The predicted molar refractivity (Wildman–Crippen MR) is 75.8 cm³/mol. The number of hydrogen-bond acceptors (Lipinski definition) is 4. The summed E-state index contributed by atoms with van der Waals surface area (Å²) in [5, 5.41) is 13.7.